The van der Waals surface area contributed by atoms with E-state index in [0.717, 1.165) is 4.76 Å². The van der Waals surface area contributed by atoms with Gasteiger partial charge in [0.1, 0.15) is 6.10 Å². The maximum absolute atomic E-state index is 12.0. The standard InChI is InChI=1S/C11H20NO3/c1-8(13)15-9-6-10(2,3)12(14)11(4,5)7-9/h9H,6-7H2,1-5H3/q+1. The lowest BCUT2D eigenvalue weighted by molar-refractivity contribution is -0.695. The molecule has 1 aliphatic heterocycles. The Labute approximate surface area is 90.6 Å². The Kier molecular flexibility index (Phi) is 2.90. The van der Waals surface area contributed by atoms with E-state index in [1.54, 1.807) is 0 Å². The molecule has 0 N–H and O–H groups in total. The predicted octanol–water partition coefficient (Wildman–Crippen LogP) is 2.05. The smallest absolute Gasteiger partial charge is 0.302 e. The van der Waals surface area contributed by atoms with Gasteiger partial charge in [0.05, 0.1) is 12.8 Å². The van der Waals surface area contributed by atoms with Crippen LogP contribution in [0, 0.1) is 4.91 Å². The molecule has 86 valence electrons. The molecule has 4 heteroatoms. The van der Waals surface area contributed by atoms with E-state index in [0.29, 0.717) is 12.8 Å². The normalized spacial score (nSPS) is 25.0. The highest BCUT2D eigenvalue weighted by molar-refractivity contribution is 5.66. The molecule has 1 saturated heterocycles. The Balaban J connectivity index is 2.84. The molecule has 0 amide bonds. The number of carbonyl (C=O) groups is 1. The van der Waals surface area contributed by atoms with Gasteiger partial charge in [0, 0.05) is 44.3 Å². The topological polar surface area (TPSA) is 46.4 Å². The molecule has 0 aliphatic carbocycles. The quantitative estimate of drug-likeness (QED) is 0.495. The summed E-state index contributed by atoms with van der Waals surface area (Å²) in [4.78, 5) is 22.9. The summed E-state index contributed by atoms with van der Waals surface area (Å²) in [6.07, 6.45) is 1.05. The lowest BCUT2D eigenvalue weighted by Gasteiger charge is -2.35. The molecule has 0 bridgehead atoms. The first-order valence-electron chi connectivity index (χ1n) is 5.30. The first-order chi connectivity index (χ1) is 6.65. The highest BCUT2D eigenvalue weighted by Crippen LogP contribution is 2.35. The van der Waals surface area contributed by atoms with Crippen LogP contribution in [0.15, 0.2) is 0 Å². The number of esters is 1. The third-order valence-electron chi connectivity index (χ3n) is 2.89. The monoisotopic (exact) mass is 214 g/mol. The zero-order valence-corrected chi connectivity index (χ0v) is 10.2. The molecular weight excluding hydrogens is 194 g/mol. The van der Waals surface area contributed by atoms with Gasteiger partial charge in [-0.05, 0) is 0 Å². The van der Waals surface area contributed by atoms with Crippen LogP contribution in [0.3, 0.4) is 0 Å². The average molecular weight is 214 g/mol. The fourth-order valence-corrected chi connectivity index (χ4v) is 2.49. The number of ether oxygens (including phenoxy) is 1. The Bertz CT molecular complexity index is 274. The summed E-state index contributed by atoms with van der Waals surface area (Å²) in [6.45, 7) is 8.95. The number of carbonyl (C=O) groups excluding carboxylic acids is 1. The van der Waals surface area contributed by atoms with Crippen LogP contribution >= 0.6 is 0 Å². The molecule has 1 fully saturated rings. The maximum Gasteiger partial charge on any atom is 0.302 e. The molecule has 0 saturated carbocycles. The molecule has 0 unspecified atom stereocenters. The SMILES string of the molecule is CC(=O)OC1CC(C)(C)[N+](=O)C(C)(C)C1. The van der Waals surface area contributed by atoms with E-state index in [9.17, 15) is 9.70 Å². The Morgan fingerprint density at radius 1 is 1.20 bits per heavy atom. The number of rotatable bonds is 1. The fourth-order valence-electron chi connectivity index (χ4n) is 2.49. The van der Waals surface area contributed by atoms with E-state index < -0.39 is 11.1 Å². The van der Waals surface area contributed by atoms with Crippen molar-refractivity contribution in [1.82, 2.24) is 0 Å². The molecule has 0 radical (unpaired) electrons. The van der Waals surface area contributed by atoms with Gasteiger partial charge in [0.2, 0.25) is 11.1 Å². The summed E-state index contributed by atoms with van der Waals surface area (Å²) in [6, 6.07) is 0. The van der Waals surface area contributed by atoms with Gasteiger partial charge in [0.25, 0.3) is 0 Å². The summed E-state index contributed by atoms with van der Waals surface area (Å²) in [5.74, 6) is -0.272. The Morgan fingerprint density at radius 3 is 1.93 bits per heavy atom. The van der Waals surface area contributed by atoms with Crippen molar-refractivity contribution in [3.05, 3.63) is 4.91 Å². The molecular formula is C11H20NO3+. The van der Waals surface area contributed by atoms with Crippen molar-refractivity contribution in [1.29, 1.82) is 0 Å². The first kappa shape index (κ1) is 12.1. The van der Waals surface area contributed by atoms with Crippen molar-refractivity contribution in [2.24, 2.45) is 0 Å². The predicted molar refractivity (Wildman–Crippen MR) is 56.6 cm³/mol. The zero-order chi connectivity index (χ0) is 11.9. The number of nitroso groups, excluding NO2 is 1. The van der Waals surface area contributed by atoms with Crippen LogP contribution in [0.4, 0.5) is 0 Å². The number of piperidine rings is 1. The fraction of sp³-hybridized carbons (Fsp3) is 0.909. The number of hydrogen-bond acceptors (Lipinski definition) is 3. The summed E-state index contributed by atoms with van der Waals surface area (Å²) in [7, 11) is 0. The lowest BCUT2D eigenvalue weighted by atomic mass is 9.80. The van der Waals surface area contributed by atoms with Crippen LogP contribution < -0.4 is 0 Å². The van der Waals surface area contributed by atoms with Gasteiger partial charge in [-0.2, -0.15) is 0 Å². The van der Waals surface area contributed by atoms with Gasteiger partial charge in [-0.25, -0.2) is 0 Å². The van der Waals surface area contributed by atoms with E-state index in [-0.39, 0.29) is 12.1 Å². The van der Waals surface area contributed by atoms with Crippen LogP contribution in [0.1, 0.15) is 47.5 Å². The van der Waals surface area contributed by atoms with Crippen molar-refractivity contribution in [2.75, 3.05) is 0 Å². The van der Waals surface area contributed by atoms with Gasteiger partial charge < -0.3 is 4.74 Å². The molecule has 1 heterocycles. The molecule has 0 atom stereocenters. The lowest BCUT2D eigenvalue weighted by Crippen LogP contribution is -2.56. The van der Waals surface area contributed by atoms with Gasteiger partial charge in [-0.1, -0.05) is 0 Å². The third kappa shape index (κ3) is 2.55. The minimum atomic E-state index is -0.470. The van der Waals surface area contributed by atoms with Crippen LogP contribution in [-0.2, 0) is 9.53 Å². The highest BCUT2D eigenvalue weighted by atomic mass is 16.5. The van der Waals surface area contributed by atoms with E-state index in [2.05, 4.69) is 0 Å². The van der Waals surface area contributed by atoms with Crippen molar-refractivity contribution in [3.8, 4) is 0 Å². The molecule has 4 nitrogen and oxygen atoms in total. The van der Waals surface area contributed by atoms with Crippen molar-refractivity contribution < 1.29 is 14.3 Å². The second-order valence-corrected chi connectivity index (χ2v) is 5.56. The molecule has 1 aliphatic rings. The largest absolute Gasteiger partial charge is 0.462 e. The summed E-state index contributed by atoms with van der Waals surface area (Å²) < 4.78 is 6.33. The van der Waals surface area contributed by atoms with Crippen LogP contribution in [0.25, 0.3) is 0 Å². The Hall–Kier alpha value is -0.930. The van der Waals surface area contributed by atoms with Crippen LogP contribution in [0.5, 0.6) is 0 Å². The number of hydrogen-bond donors (Lipinski definition) is 0. The average Bonchev–Trinajstić information content (AvgIpc) is 1.97. The maximum atomic E-state index is 12.0. The molecule has 0 spiro atoms. The summed E-state index contributed by atoms with van der Waals surface area (Å²) >= 11 is 0. The van der Waals surface area contributed by atoms with Crippen molar-refractivity contribution >= 4 is 5.97 Å². The van der Waals surface area contributed by atoms with Crippen LogP contribution in [0.2, 0.25) is 0 Å². The van der Waals surface area contributed by atoms with Gasteiger partial charge in [-0.15, -0.1) is 0 Å². The Morgan fingerprint density at radius 2 is 1.60 bits per heavy atom. The molecule has 0 aromatic carbocycles. The van der Waals surface area contributed by atoms with Gasteiger partial charge in [-0.3, -0.25) is 4.79 Å². The molecule has 1 rings (SSSR count). The van der Waals surface area contributed by atoms with Crippen LogP contribution in [-0.4, -0.2) is 27.9 Å². The first-order valence-corrected chi connectivity index (χ1v) is 5.30. The minimum Gasteiger partial charge on any atom is -0.462 e. The summed E-state index contributed by atoms with van der Waals surface area (Å²) in [5, 5.41) is 0. The second-order valence-electron chi connectivity index (χ2n) is 5.56. The van der Waals surface area contributed by atoms with Gasteiger partial charge >= 0.3 is 5.97 Å². The number of nitrogens with zero attached hydrogens (tertiary/aromatic N) is 1. The van der Waals surface area contributed by atoms with E-state index in [4.69, 9.17) is 4.74 Å². The van der Waals surface area contributed by atoms with E-state index in [1.165, 1.54) is 6.92 Å². The second kappa shape index (κ2) is 3.58. The minimum absolute atomic E-state index is 0.141. The molecule has 0 aromatic heterocycles. The summed E-state index contributed by atoms with van der Waals surface area (Å²) in [5.41, 5.74) is -0.941. The van der Waals surface area contributed by atoms with E-state index >= 15 is 0 Å². The van der Waals surface area contributed by atoms with Crippen molar-refractivity contribution in [3.63, 3.8) is 0 Å². The third-order valence-corrected chi connectivity index (χ3v) is 2.89. The highest BCUT2D eigenvalue weighted by Gasteiger charge is 2.54. The van der Waals surface area contributed by atoms with Crippen molar-refractivity contribution in [2.45, 2.75) is 64.6 Å². The zero-order valence-electron chi connectivity index (χ0n) is 10.2. The molecule has 15 heavy (non-hydrogen) atoms. The van der Waals surface area contributed by atoms with E-state index in [1.807, 2.05) is 27.7 Å². The van der Waals surface area contributed by atoms with Gasteiger partial charge in [0.15, 0.2) is 0 Å². The molecule has 0 aromatic rings.